The Balaban J connectivity index is 2.20. The van der Waals surface area contributed by atoms with Crippen molar-refractivity contribution >= 4 is 5.78 Å². The minimum Gasteiger partial charge on any atom is -0.496 e. The van der Waals surface area contributed by atoms with Gasteiger partial charge in [-0.2, -0.15) is 0 Å². The van der Waals surface area contributed by atoms with E-state index in [1.807, 2.05) is 12.1 Å². The zero-order valence-electron chi connectivity index (χ0n) is 9.58. The van der Waals surface area contributed by atoms with Gasteiger partial charge in [0, 0.05) is 12.0 Å². The van der Waals surface area contributed by atoms with Crippen LogP contribution in [0.5, 0.6) is 5.75 Å². The number of methoxy groups -OCH3 is 1. The van der Waals surface area contributed by atoms with Gasteiger partial charge in [0.05, 0.1) is 12.5 Å². The first-order chi connectivity index (χ1) is 7.78. The molecular weight excluding hydrogens is 200 g/mol. The van der Waals surface area contributed by atoms with Gasteiger partial charge in [0.2, 0.25) is 0 Å². The highest BCUT2D eigenvalue weighted by atomic mass is 16.5. The van der Waals surface area contributed by atoms with Crippen LogP contribution in [0.3, 0.4) is 0 Å². The lowest BCUT2D eigenvalue weighted by molar-refractivity contribution is -0.122. The van der Waals surface area contributed by atoms with E-state index >= 15 is 0 Å². The van der Waals surface area contributed by atoms with Crippen LogP contribution in [0.4, 0.5) is 0 Å². The lowest BCUT2D eigenvalue weighted by Gasteiger charge is -2.24. The summed E-state index contributed by atoms with van der Waals surface area (Å²) in [5.41, 5.74) is 2.32. The number of benzene rings is 1. The summed E-state index contributed by atoms with van der Waals surface area (Å²) in [6.45, 7) is 0. The highest BCUT2D eigenvalue weighted by Gasteiger charge is 2.49. The summed E-state index contributed by atoms with van der Waals surface area (Å²) in [5, 5.41) is 0. The topological polar surface area (TPSA) is 26.3 Å². The van der Waals surface area contributed by atoms with Crippen LogP contribution in [0.15, 0.2) is 18.2 Å². The number of fused-ring (bicyclic) bond motifs is 2. The number of carbonyl (C=O) groups excluding carboxylic acids is 1. The number of Topliss-reactive ketones (excluding diaryl/α,β-unsaturated/α-hetero) is 1. The monoisotopic (exact) mass is 216 g/mol. The Morgan fingerprint density at radius 3 is 2.81 bits per heavy atom. The SMILES string of the molecule is COc1cccc2c1[C@]1(CCCC1=O)CC2. The van der Waals surface area contributed by atoms with Gasteiger partial charge < -0.3 is 4.74 Å². The van der Waals surface area contributed by atoms with Gasteiger partial charge in [-0.1, -0.05) is 12.1 Å². The fraction of sp³-hybridized carbons (Fsp3) is 0.500. The molecule has 1 spiro atoms. The molecule has 2 nitrogen and oxygen atoms in total. The minimum absolute atomic E-state index is 0.193. The van der Waals surface area contributed by atoms with Gasteiger partial charge in [-0.15, -0.1) is 0 Å². The summed E-state index contributed by atoms with van der Waals surface area (Å²) in [6.07, 6.45) is 4.81. The summed E-state index contributed by atoms with van der Waals surface area (Å²) in [6, 6.07) is 6.14. The van der Waals surface area contributed by atoms with E-state index in [4.69, 9.17) is 4.74 Å². The first-order valence-electron chi connectivity index (χ1n) is 5.97. The van der Waals surface area contributed by atoms with Gasteiger partial charge in [0.15, 0.2) is 0 Å². The van der Waals surface area contributed by atoms with E-state index in [9.17, 15) is 4.79 Å². The van der Waals surface area contributed by atoms with E-state index in [0.29, 0.717) is 5.78 Å². The standard InChI is InChI=1S/C14H16O2/c1-16-11-5-2-4-10-7-9-14(13(10)11)8-3-6-12(14)15/h2,4-5H,3,6-9H2,1H3/t14-/m1/s1. The Labute approximate surface area is 95.6 Å². The molecule has 0 unspecified atom stereocenters. The van der Waals surface area contributed by atoms with Crippen LogP contribution in [0.1, 0.15) is 36.8 Å². The first-order valence-corrected chi connectivity index (χ1v) is 5.97. The molecule has 0 aromatic heterocycles. The highest BCUT2D eigenvalue weighted by Crippen LogP contribution is 2.51. The molecule has 84 valence electrons. The summed E-state index contributed by atoms with van der Waals surface area (Å²) in [4.78, 5) is 12.2. The van der Waals surface area contributed by atoms with Crippen molar-refractivity contribution in [3.05, 3.63) is 29.3 Å². The predicted octanol–water partition coefficient (Wildman–Crippen LogP) is 2.63. The molecule has 0 saturated heterocycles. The molecule has 1 saturated carbocycles. The molecule has 16 heavy (non-hydrogen) atoms. The van der Waals surface area contributed by atoms with Crippen LogP contribution < -0.4 is 4.74 Å². The van der Waals surface area contributed by atoms with E-state index in [-0.39, 0.29) is 5.41 Å². The maximum Gasteiger partial charge on any atom is 0.143 e. The Kier molecular flexibility index (Phi) is 2.06. The van der Waals surface area contributed by atoms with Crippen LogP contribution in [0.2, 0.25) is 0 Å². The predicted molar refractivity (Wildman–Crippen MR) is 61.9 cm³/mol. The number of hydrogen-bond donors (Lipinski definition) is 0. The van der Waals surface area contributed by atoms with E-state index in [1.54, 1.807) is 7.11 Å². The summed E-state index contributed by atoms with van der Waals surface area (Å²) < 4.78 is 5.44. The maximum absolute atomic E-state index is 12.2. The van der Waals surface area contributed by atoms with E-state index < -0.39 is 0 Å². The number of rotatable bonds is 1. The molecule has 0 heterocycles. The smallest absolute Gasteiger partial charge is 0.143 e. The zero-order chi connectivity index (χ0) is 11.2. The van der Waals surface area contributed by atoms with Gasteiger partial charge in [-0.05, 0) is 37.3 Å². The van der Waals surface area contributed by atoms with Gasteiger partial charge >= 0.3 is 0 Å². The number of aryl methyl sites for hydroxylation is 1. The molecule has 2 aliphatic carbocycles. The molecule has 3 rings (SSSR count). The highest BCUT2D eigenvalue weighted by molar-refractivity contribution is 5.94. The average Bonchev–Trinajstić information content (AvgIpc) is 2.86. The molecule has 1 atom stereocenters. The number of ketones is 1. The second-order valence-electron chi connectivity index (χ2n) is 4.85. The van der Waals surface area contributed by atoms with Crippen molar-refractivity contribution in [2.75, 3.05) is 7.11 Å². The molecule has 0 radical (unpaired) electrons. The molecule has 0 N–H and O–H groups in total. The van der Waals surface area contributed by atoms with Crippen LogP contribution in [0, 0.1) is 0 Å². The quantitative estimate of drug-likeness (QED) is 0.721. The molecule has 0 aliphatic heterocycles. The van der Waals surface area contributed by atoms with Crippen LogP contribution in [-0.2, 0) is 16.6 Å². The van der Waals surface area contributed by atoms with Crippen molar-refractivity contribution in [1.82, 2.24) is 0 Å². The van der Waals surface area contributed by atoms with Crippen molar-refractivity contribution < 1.29 is 9.53 Å². The Morgan fingerprint density at radius 1 is 1.25 bits per heavy atom. The summed E-state index contributed by atoms with van der Waals surface area (Å²) >= 11 is 0. The van der Waals surface area contributed by atoms with E-state index in [2.05, 4.69) is 6.07 Å². The van der Waals surface area contributed by atoms with Gasteiger partial charge in [0.1, 0.15) is 11.5 Å². The molecule has 0 bridgehead atoms. The van der Waals surface area contributed by atoms with E-state index in [0.717, 1.165) is 37.9 Å². The molecule has 1 aromatic carbocycles. The van der Waals surface area contributed by atoms with Crippen LogP contribution in [-0.4, -0.2) is 12.9 Å². The van der Waals surface area contributed by atoms with Crippen LogP contribution in [0.25, 0.3) is 0 Å². The van der Waals surface area contributed by atoms with Crippen molar-refractivity contribution in [1.29, 1.82) is 0 Å². The summed E-state index contributed by atoms with van der Waals surface area (Å²) in [5.74, 6) is 1.33. The molecular formula is C14H16O2. The first kappa shape index (κ1) is 9.88. The van der Waals surface area contributed by atoms with Crippen LogP contribution >= 0.6 is 0 Å². The van der Waals surface area contributed by atoms with Gasteiger partial charge in [-0.3, -0.25) is 4.79 Å². The normalized spacial score (nSPS) is 27.4. The number of ether oxygens (including phenoxy) is 1. The lowest BCUT2D eigenvalue weighted by atomic mass is 9.79. The number of carbonyl (C=O) groups is 1. The van der Waals surface area contributed by atoms with Gasteiger partial charge in [0.25, 0.3) is 0 Å². The minimum atomic E-state index is -0.193. The third kappa shape index (κ3) is 1.10. The zero-order valence-corrected chi connectivity index (χ0v) is 9.58. The second kappa shape index (κ2) is 3.34. The lowest BCUT2D eigenvalue weighted by Crippen LogP contribution is -2.28. The molecule has 2 heteroatoms. The van der Waals surface area contributed by atoms with Crippen molar-refractivity contribution in [2.24, 2.45) is 0 Å². The summed E-state index contributed by atoms with van der Waals surface area (Å²) in [7, 11) is 1.70. The largest absolute Gasteiger partial charge is 0.496 e. The Hall–Kier alpha value is -1.31. The van der Waals surface area contributed by atoms with Gasteiger partial charge in [-0.25, -0.2) is 0 Å². The van der Waals surface area contributed by atoms with Crippen molar-refractivity contribution in [3.8, 4) is 5.75 Å². The molecule has 0 amide bonds. The third-order valence-electron chi connectivity index (χ3n) is 4.17. The molecule has 2 aliphatic rings. The second-order valence-corrected chi connectivity index (χ2v) is 4.85. The third-order valence-corrected chi connectivity index (χ3v) is 4.17. The molecule has 1 aromatic rings. The van der Waals surface area contributed by atoms with Crippen molar-refractivity contribution in [3.63, 3.8) is 0 Å². The maximum atomic E-state index is 12.2. The Morgan fingerprint density at radius 2 is 2.12 bits per heavy atom. The number of hydrogen-bond acceptors (Lipinski definition) is 2. The van der Waals surface area contributed by atoms with E-state index in [1.165, 1.54) is 11.1 Å². The fourth-order valence-corrected chi connectivity index (χ4v) is 3.43. The molecule has 1 fully saturated rings. The fourth-order valence-electron chi connectivity index (χ4n) is 3.43. The Bertz CT molecular complexity index is 450. The van der Waals surface area contributed by atoms with Crippen molar-refractivity contribution in [2.45, 2.75) is 37.5 Å². The average molecular weight is 216 g/mol.